The first-order valence-electron chi connectivity index (χ1n) is 9.17. The van der Waals surface area contributed by atoms with E-state index >= 15 is 0 Å². The maximum absolute atomic E-state index is 3.97. The third-order valence-electron chi connectivity index (χ3n) is 4.73. The molecule has 0 spiro atoms. The van der Waals surface area contributed by atoms with Crippen molar-refractivity contribution >= 4 is 11.8 Å². The van der Waals surface area contributed by atoms with E-state index in [1.807, 2.05) is 42.5 Å². The summed E-state index contributed by atoms with van der Waals surface area (Å²) in [5.41, 5.74) is 5.87. The highest BCUT2D eigenvalue weighted by atomic mass is 15.2. The van der Waals surface area contributed by atoms with E-state index in [0.717, 1.165) is 12.1 Å². The summed E-state index contributed by atoms with van der Waals surface area (Å²) < 4.78 is 0. The predicted molar refractivity (Wildman–Crippen MR) is 114 cm³/mol. The lowest BCUT2D eigenvalue weighted by Crippen LogP contribution is -2.30. The van der Waals surface area contributed by atoms with Crippen molar-refractivity contribution < 1.29 is 0 Å². The van der Waals surface area contributed by atoms with Crippen LogP contribution in [0.1, 0.15) is 28.3 Å². The molecule has 3 aromatic rings. The van der Waals surface area contributed by atoms with Crippen LogP contribution in [0, 0.1) is 11.8 Å². The van der Waals surface area contributed by atoms with Gasteiger partial charge in [0.25, 0.3) is 0 Å². The SMILES string of the molecule is C=CCN1C(c2ccccc2)=Cc2ccccc2C1C#Cc1ccccc1. The van der Waals surface area contributed by atoms with Gasteiger partial charge in [-0.1, -0.05) is 90.7 Å². The molecule has 1 heterocycles. The van der Waals surface area contributed by atoms with Crippen LogP contribution >= 0.6 is 0 Å². The lowest BCUT2D eigenvalue weighted by Gasteiger charge is -2.36. The van der Waals surface area contributed by atoms with Crippen LogP contribution in [0.3, 0.4) is 0 Å². The minimum absolute atomic E-state index is 0.0142. The minimum atomic E-state index is -0.0142. The zero-order chi connectivity index (χ0) is 18.5. The second-order valence-electron chi connectivity index (χ2n) is 6.50. The van der Waals surface area contributed by atoms with Crippen LogP contribution < -0.4 is 0 Å². The van der Waals surface area contributed by atoms with E-state index in [0.29, 0.717) is 0 Å². The fourth-order valence-corrected chi connectivity index (χ4v) is 3.46. The van der Waals surface area contributed by atoms with E-state index in [2.05, 4.69) is 77.9 Å². The predicted octanol–water partition coefficient (Wildman–Crippen LogP) is 5.78. The molecule has 0 bridgehead atoms. The summed E-state index contributed by atoms with van der Waals surface area (Å²) in [4.78, 5) is 2.33. The van der Waals surface area contributed by atoms with Crippen molar-refractivity contribution in [3.8, 4) is 11.8 Å². The molecular weight excluding hydrogens is 326 g/mol. The first-order chi connectivity index (χ1) is 13.4. The monoisotopic (exact) mass is 347 g/mol. The molecule has 0 amide bonds. The van der Waals surface area contributed by atoms with Crippen molar-refractivity contribution in [3.05, 3.63) is 120 Å². The van der Waals surface area contributed by atoms with Crippen molar-refractivity contribution in [1.29, 1.82) is 0 Å². The maximum atomic E-state index is 3.97. The fraction of sp³-hybridized carbons (Fsp3) is 0.0769. The van der Waals surface area contributed by atoms with Gasteiger partial charge in [-0.3, -0.25) is 0 Å². The Labute approximate surface area is 161 Å². The molecule has 0 aliphatic carbocycles. The maximum Gasteiger partial charge on any atom is 0.117 e. The number of fused-ring (bicyclic) bond motifs is 1. The van der Waals surface area contributed by atoms with Crippen LogP contribution in [0.4, 0.5) is 0 Å². The largest absolute Gasteiger partial charge is 0.349 e. The normalized spacial score (nSPS) is 15.2. The summed E-state index contributed by atoms with van der Waals surface area (Å²) in [6.07, 6.45) is 4.21. The van der Waals surface area contributed by atoms with Gasteiger partial charge in [-0.05, 0) is 34.9 Å². The van der Waals surface area contributed by atoms with Gasteiger partial charge in [-0.15, -0.1) is 6.58 Å². The molecule has 0 N–H and O–H groups in total. The van der Waals surface area contributed by atoms with Gasteiger partial charge in [0.05, 0.1) is 0 Å². The summed E-state index contributed by atoms with van der Waals surface area (Å²) in [5.74, 6) is 6.88. The lowest BCUT2D eigenvalue weighted by molar-refractivity contribution is 0.387. The van der Waals surface area contributed by atoms with Gasteiger partial charge in [0, 0.05) is 17.8 Å². The Balaban J connectivity index is 1.84. The number of nitrogens with zero attached hydrogens (tertiary/aromatic N) is 1. The summed E-state index contributed by atoms with van der Waals surface area (Å²) in [6.45, 7) is 4.71. The molecule has 130 valence electrons. The van der Waals surface area contributed by atoms with Crippen LogP contribution in [-0.4, -0.2) is 11.4 Å². The van der Waals surface area contributed by atoms with Gasteiger partial charge in [0.1, 0.15) is 6.04 Å². The van der Waals surface area contributed by atoms with Crippen molar-refractivity contribution in [3.63, 3.8) is 0 Å². The molecule has 1 heteroatoms. The van der Waals surface area contributed by atoms with E-state index in [1.54, 1.807) is 0 Å². The Bertz CT molecular complexity index is 1020. The Morgan fingerprint density at radius 3 is 2.26 bits per heavy atom. The standard InChI is InChI=1S/C26H21N/c1-2-19-27-25(18-17-21-11-5-3-6-12-21)24-16-10-9-15-23(24)20-26(27)22-13-7-4-8-14-22/h2-16,20,25H,1,19H2. The van der Waals surface area contributed by atoms with Gasteiger partial charge in [-0.25, -0.2) is 0 Å². The average molecular weight is 347 g/mol. The topological polar surface area (TPSA) is 3.24 Å². The zero-order valence-electron chi connectivity index (χ0n) is 15.2. The molecule has 1 atom stereocenters. The highest BCUT2D eigenvalue weighted by Crippen LogP contribution is 2.38. The molecule has 3 aromatic carbocycles. The molecule has 1 aliphatic rings. The van der Waals surface area contributed by atoms with E-state index < -0.39 is 0 Å². The van der Waals surface area contributed by atoms with E-state index in [9.17, 15) is 0 Å². The van der Waals surface area contributed by atoms with Crippen molar-refractivity contribution in [2.45, 2.75) is 6.04 Å². The highest BCUT2D eigenvalue weighted by molar-refractivity contribution is 5.84. The van der Waals surface area contributed by atoms with Crippen LogP contribution in [-0.2, 0) is 0 Å². The lowest BCUT2D eigenvalue weighted by atomic mass is 9.91. The molecule has 0 saturated carbocycles. The molecule has 1 unspecified atom stereocenters. The number of hydrogen-bond acceptors (Lipinski definition) is 1. The summed E-state index contributed by atoms with van der Waals surface area (Å²) in [6, 6.07) is 29.2. The van der Waals surface area contributed by atoms with Crippen molar-refractivity contribution in [1.82, 2.24) is 4.90 Å². The van der Waals surface area contributed by atoms with Crippen LogP contribution in [0.15, 0.2) is 97.6 Å². The summed E-state index contributed by atoms with van der Waals surface area (Å²) >= 11 is 0. The second-order valence-corrected chi connectivity index (χ2v) is 6.50. The van der Waals surface area contributed by atoms with Crippen LogP contribution in [0.25, 0.3) is 11.8 Å². The van der Waals surface area contributed by atoms with Gasteiger partial charge in [0.2, 0.25) is 0 Å². The Kier molecular flexibility index (Phi) is 4.90. The number of benzene rings is 3. The zero-order valence-corrected chi connectivity index (χ0v) is 15.2. The number of hydrogen-bond donors (Lipinski definition) is 0. The second kappa shape index (κ2) is 7.81. The molecule has 0 fully saturated rings. The van der Waals surface area contributed by atoms with Crippen molar-refractivity contribution in [2.24, 2.45) is 0 Å². The third-order valence-corrected chi connectivity index (χ3v) is 4.73. The Morgan fingerprint density at radius 1 is 0.852 bits per heavy atom. The first kappa shape index (κ1) is 16.9. The molecule has 27 heavy (non-hydrogen) atoms. The van der Waals surface area contributed by atoms with Gasteiger partial charge < -0.3 is 4.90 Å². The van der Waals surface area contributed by atoms with Crippen molar-refractivity contribution in [2.75, 3.05) is 6.54 Å². The van der Waals surface area contributed by atoms with E-state index in [-0.39, 0.29) is 6.04 Å². The molecule has 4 rings (SSSR count). The molecule has 0 aromatic heterocycles. The first-order valence-corrected chi connectivity index (χ1v) is 9.17. The fourth-order valence-electron chi connectivity index (χ4n) is 3.46. The van der Waals surface area contributed by atoms with Crippen LogP contribution in [0.2, 0.25) is 0 Å². The Hall–Kier alpha value is -3.50. The molecule has 0 radical (unpaired) electrons. The smallest absolute Gasteiger partial charge is 0.117 e. The van der Waals surface area contributed by atoms with E-state index in [4.69, 9.17) is 0 Å². The average Bonchev–Trinajstić information content (AvgIpc) is 2.74. The summed E-state index contributed by atoms with van der Waals surface area (Å²) in [5, 5.41) is 0. The molecule has 1 aliphatic heterocycles. The number of rotatable bonds is 3. The van der Waals surface area contributed by atoms with Gasteiger partial charge in [0.15, 0.2) is 0 Å². The Morgan fingerprint density at radius 2 is 1.52 bits per heavy atom. The quantitative estimate of drug-likeness (QED) is 0.429. The third kappa shape index (κ3) is 3.57. The molecule has 0 saturated heterocycles. The van der Waals surface area contributed by atoms with E-state index in [1.165, 1.54) is 22.4 Å². The van der Waals surface area contributed by atoms with Gasteiger partial charge >= 0.3 is 0 Å². The molecular formula is C26H21N. The highest BCUT2D eigenvalue weighted by Gasteiger charge is 2.27. The van der Waals surface area contributed by atoms with Crippen LogP contribution in [0.5, 0.6) is 0 Å². The minimum Gasteiger partial charge on any atom is -0.349 e. The summed E-state index contributed by atoms with van der Waals surface area (Å²) in [7, 11) is 0. The molecule has 1 nitrogen and oxygen atoms in total. The van der Waals surface area contributed by atoms with Gasteiger partial charge in [-0.2, -0.15) is 0 Å².